The molecule has 29 heteroatoms. The molecule has 98 heavy (non-hydrogen) atoms. The maximum Gasteiger partial charge on any atom is 0.274 e. The number of carbonyl (C=O) groups excluding carboxylic acids is 6. The molecule has 7 N–H and O–H groups in total. The van der Waals surface area contributed by atoms with E-state index in [4.69, 9.17) is 10.8 Å². The molecule has 0 spiro atoms. The normalized spacial score (nSPS) is 25.0. The number of nitrogens with one attached hydrogen (secondary N) is 3. The summed E-state index contributed by atoms with van der Waals surface area (Å²) in [5, 5.41) is 50.1. The summed E-state index contributed by atoms with van der Waals surface area (Å²) in [6, 6.07) is 8.62. The van der Waals surface area contributed by atoms with Gasteiger partial charge in [-0.3, -0.25) is 43.2 Å². The van der Waals surface area contributed by atoms with Crippen LogP contribution in [0.4, 0.5) is 22.0 Å². The summed E-state index contributed by atoms with van der Waals surface area (Å²) >= 11 is 0. The third-order valence-electron chi connectivity index (χ3n) is 19.9. The lowest BCUT2D eigenvalue weighted by Crippen LogP contribution is -2.53. The molecule has 4 saturated heterocycles. The van der Waals surface area contributed by atoms with Crippen LogP contribution in [0, 0.1) is 50.0 Å². The first-order valence-electron chi connectivity index (χ1n) is 32.4. The van der Waals surface area contributed by atoms with Gasteiger partial charge in [0.05, 0.1) is 38.3 Å². The zero-order valence-corrected chi connectivity index (χ0v) is 54.5. The van der Waals surface area contributed by atoms with Crippen molar-refractivity contribution < 1.29 is 82.0 Å². The van der Waals surface area contributed by atoms with Crippen LogP contribution >= 0.6 is 0 Å². The van der Waals surface area contributed by atoms with Crippen molar-refractivity contribution in [1.82, 2.24) is 44.4 Å². The number of hydrogen-bond acceptors (Lipinski definition) is 15. The third kappa shape index (κ3) is 12.7. The lowest BCUT2D eigenvalue weighted by Gasteiger charge is -2.41. The highest BCUT2D eigenvalue weighted by Crippen LogP contribution is 2.43. The van der Waals surface area contributed by atoms with E-state index in [2.05, 4.69) is 16.0 Å². The molecule has 3 aromatic carbocycles. The number of aliphatic hydroxyl groups is 1. The van der Waals surface area contributed by atoms with Crippen molar-refractivity contribution in [3.63, 3.8) is 0 Å². The zero-order chi connectivity index (χ0) is 71.8. The average Bonchev–Trinajstić information content (AvgIpc) is 1.74. The molecule has 7 aliphatic heterocycles. The summed E-state index contributed by atoms with van der Waals surface area (Å²) in [4.78, 5) is 121. The molecular weight excluding hydrogens is 1290 g/mol. The molecule has 0 saturated carbocycles. The molecule has 7 aliphatic rings. The number of carbonyl (C=O) groups is 6. The summed E-state index contributed by atoms with van der Waals surface area (Å²) in [7, 11) is 1.40. The van der Waals surface area contributed by atoms with E-state index in [1.807, 2.05) is 13.8 Å². The number of benzene rings is 3. The van der Waals surface area contributed by atoms with Gasteiger partial charge in [0.15, 0.2) is 34.3 Å². The van der Waals surface area contributed by atoms with Crippen LogP contribution in [-0.4, -0.2) is 160 Å². The van der Waals surface area contributed by atoms with Crippen LogP contribution < -0.4 is 32.2 Å². The van der Waals surface area contributed by atoms with Crippen LogP contribution in [0.2, 0.25) is 0 Å². The Morgan fingerprint density at radius 1 is 0.602 bits per heavy atom. The molecule has 10 atom stereocenters. The highest BCUT2D eigenvalue weighted by atomic mass is 19.1. The fourth-order valence-electron chi connectivity index (χ4n) is 14.0. The first-order chi connectivity index (χ1) is 46.8. The lowest BCUT2D eigenvalue weighted by molar-refractivity contribution is -0.0418. The van der Waals surface area contributed by atoms with Crippen molar-refractivity contribution in [2.45, 2.75) is 147 Å². The largest absolute Gasteiger partial charge is 0.503 e. The highest BCUT2D eigenvalue weighted by molar-refractivity contribution is 6.01. The number of fused-ring (bicyclic) bond motifs is 15. The first-order valence-corrected chi connectivity index (χ1v) is 31.9. The molecule has 3 aromatic heterocycles. The van der Waals surface area contributed by atoms with Gasteiger partial charge in [-0.15, -0.1) is 0 Å². The SMILES string of the molecule is Cc1cc(F)c(CNC(=O)c2cn3c(c(O)c2=O)C(=O)N2C[C@@H]3[C@](O)(CF)CC[C@@H]2C)c(F)c1.Cc1ccc(CNC(=O)c2cn3c(c(O)c2=O)C(=O)N2C[C@@H]3[C@H]3C[C@H](CO3)[C@@H]2C)c(F)c1.[2H][C@]1(OC)CC[C@H](C)N2C[C@H]1n1cc(C(=O)NCc3ccc(C)cc3F)c(=O)c(O)c1C2=O. The number of rotatable bonds is 11. The summed E-state index contributed by atoms with van der Waals surface area (Å²) in [6.45, 7) is 9.48. The predicted octanol–water partition coefficient (Wildman–Crippen LogP) is 5.81. The number of ether oxygens (including phenoxy) is 2. The van der Waals surface area contributed by atoms with Gasteiger partial charge in [-0.1, -0.05) is 24.3 Å². The van der Waals surface area contributed by atoms with E-state index in [0.29, 0.717) is 38.0 Å². The van der Waals surface area contributed by atoms with E-state index >= 15 is 0 Å². The topological polar surface area (TPSA) is 314 Å². The molecule has 8 bridgehead atoms. The molecule has 6 amide bonds. The number of alkyl halides is 1. The smallest absolute Gasteiger partial charge is 0.274 e. The summed E-state index contributed by atoms with van der Waals surface area (Å²) < 4.78 is 94.5. The number of halogens is 5. The highest BCUT2D eigenvalue weighted by Gasteiger charge is 2.51. The van der Waals surface area contributed by atoms with Crippen molar-refractivity contribution in [3.05, 3.63) is 188 Å². The number of aryl methyl sites for hydroxylation is 3. The maximum atomic E-state index is 14.1. The van der Waals surface area contributed by atoms with E-state index in [1.165, 1.54) is 63.6 Å². The Bertz CT molecular complexity index is 4510. The van der Waals surface area contributed by atoms with Gasteiger partial charge < -0.3 is 74.3 Å². The third-order valence-corrected chi connectivity index (χ3v) is 19.9. The zero-order valence-electron chi connectivity index (χ0n) is 55.5. The van der Waals surface area contributed by atoms with E-state index < -0.39 is 152 Å². The van der Waals surface area contributed by atoms with Crippen molar-refractivity contribution in [2.24, 2.45) is 5.92 Å². The second kappa shape index (κ2) is 27.3. The van der Waals surface area contributed by atoms with Gasteiger partial charge in [-0.25, -0.2) is 22.0 Å². The Hall–Kier alpha value is -9.74. The summed E-state index contributed by atoms with van der Waals surface area (Å²) in [6.07, 6.45) is 3.77. The number of nitrogens with zero attached hydrogens (tertiary/aromatic N) is 6. The fraction of sp³-hybridized carbons (Fsp3) is 0.435. The molecule has 0 aliphatic carbocycles. The van der Waals surface area contributed by atoms with Gasteiger partial charge in [-0.05, 0) is 115 Å². The van der Waals surface area contributed by atoms with Gasteiger partial charge in [0.1, 0.15) is 52.2 Å². The molecule has 13 rings (SSSR count). The Kier molecular flexibility index (Phi) is 19.0. The van der Waals surface area contributed by atoms with E-state index in [1.54, 1.807) is 43.9 Å². The molecule has 4 fully saturated rings. The monoisotopic (exact) mass is 1360 g/mol. The average molecular weight is 1370 g/mol. The maximum absolute atomic E-state index is 14.1. The van der Waals surface area contributed by atoms with Crippen LogP contribution in [0.15, 0.2) is 81.5 Å². The quantitative estimate of drug-likeness (QED) is 0.0753. The minimum atomic E-state index is -1.90. The molecular formula is C69H74F5N9O15. The van der Waals surface area contributed by atoms with Gasteiger partial charge >= 0.3 is 0 Å². The second-order valence-electron chi connectivity index (χ2n) is 26.1. The number of amides is 6. The molecule has 6 aromatic rings. The fourth-order valence-corrected chi connectivity index (χ4v) is 14.0. The molecule has 0 unspecified atom stereocenters. The van der Waals surface area contributed by atoms with E-state index in [9.17, 15) is 85.5 Å². The number of aromatic hydroxyl groups is 3. The molecule has 0 radical (unpaired) electrons. The predicted molar refractivity (Wildman–Crippen MR) is 341 cm³/mol. The molecule has 520 valence electrons. The van der Waals surface area contributed by atoms with Crippen LogP contribution in [0.25, 0.3) is 0 Å². The van der Waals surface area contributed by atoms with Crippen molar-refractivity contribution in [2.75, 3.05) is 40.0 Å². The molecule has 24 nitrogen and oxygen atoms in total. The Balaban J connectivity index is 0.000000150. The number of aromatic nitrogens is 3. The van der Waals surface area contributed by atoms with Gasteiger partial charge in [0.2, 0.25) is 16.3 Å². The number of methoxy groups -OCH3 is 1. The Morgan fingerprint density at radius 2 is 1.04 bits per heavy atom. The van der Waals surface area contributed by atoms with Gasteiger partial charge in [0, 0.05) is 106 Å². The van der Waals surface area contributed by atoms with Crippen molar-refractivity contribution in [3.8, 4) is 17.2 Å². The minimum absolute atomic E-state index is 0.0128. The first kappa shape index (κ1) is 68.2. The molecule has 10 heterocycles. The minimum Gasteiger partial charge on any atom is -0.503 e. The Morgan fingerprint density at radius 3 is 1.54 bits per heavy atom. The van der Waals surface area contributed by atoms with E-state index in [-0.39, 0.29) is 96.9 Å². The summed E-state index contributed by atoms with van der Waals surface area (Å²) in [5.74, 6) is -9.42. The standard InChI is InChI=1S/C23H24F3N3O5.C23H24FN3O5.C23H26FN3O5/c1-11-5-15(25)13(16(26)6-11)7-27-21(32)14-8-29-17-9-28(12(2)3-4-23(17,34)10-24)22(33)18(29)20(31)19(14)30;1-11-3-4-13(16(24)5-11)7-25-22(30)15-8-27-17-9-26(12(2)14-6-18(17)32-10-14)23(31)19(27)21(29)20(15)28;1-12-4-6-14(16(24)8-12)9-25-22(30)15-10-27-17-11-26(13(2)5-7-18(17)32-3)23(31)19(27)21(29)20(15)28/h5-6,8,12,17,31,34H,3-4,7,9-10H2,1-2H3,(H,27,32);3-5,8,12,14,17-18,29H,6-7,9-10H2,1-2H3,(H,25,30);4,6,8,10,13,17-18,29H,5,7,9,11H2,1-3H3,(H,25,30)/t12-,17+,23+;12-,14+,17+,18+;13-,17+,18-/m000/s1/i;;18D. The van der Waals surface area contributed by atoms with Crippen molar-refractivity contribution >= 4 is 35.4 Å². The van der Waals surface area contributed by atoms with Gasteiger partial charge in [-0.2, -0.15) is 0 Å². The second-order valence-corrected chi connectivity index (χ2v) is 26.1. The number of pyridine rings is 3. The van der Waals surface area contributed by atoms with Crippen LogP contribution in [0.1, 0.15) is 168 Å². The van der Waals surface area contributed by atoms with Crippen LogP contribution in [-0.2, 0) is 29.1 Å². The summed E-state index contributed by atoms with van der Waals surface area (Å²) in [5.41, 5.74) is -5.22. The Labute approximate surface area is 558 Å². The van der Waals surface area contributed by atoms with Gasteiger partial charge in [0.25, 0.3) is 35.4 Å². The van der Waals surface area contributed by atoms with Crippen LogP contribution in [0.5, 0.6) is 17.2 Å². The lowest BCUT2D eigenvalue weighted by atomic mass is 9.89. The number of hydrogen-bond donors (Lipinski definition) is 7. The van der Waals surface area contributed by atoms with Crippen LogP contribution in [0.3, 0.4) is 0 Å². The van der Waals surface area contributed by atoms with E-state index in [0.717, 1.165) is 40.4 Å². The van der Waals surface area contributed by atoms with Crippen molar-refractivity contribution in [1.29, 1.82) is 0 Å².